The average Bonchev–Trinajstić information content (AvgIpc) is 2.13. The second-order valence-corrected chi connectivity index (χ2v) is 7.14. The van der Waals surface area contributed by atoms with Gasteiger partial charge in [0.15, 0.2) is 0 Å². The number of carbonyl (C=O) groups is 2. The molecule has 0 N–H and O–H groups in total. The molecule has 0 unspecified atom stereocenters. The number of rotatable bonds is 8. The maximum Gasteiger partial charge on any atom is 0.143 e. The first kappa shape index (κ1) is 18.3. The van der Waals surface area contributed by atoms with Gasteiger partial charge in [-0.2, -0.15) is 0 Å². The molecule has 0 atom stereocenters. The minimum atomic E-state index is 0.00363. The highest BCUT2D eigenvalue weighted by molar-refractivity contribution is 6.01. The SMILES string of the molecule is CC(C)C(C(=O)CC(=O)C(C(C)C)C(C)C)C(C)C. The maximum absolute atomic E-state index is 12.4. The standard InChI is InChI=1S/C17H32O2/c1-10(2)16(11(3)4)14(18)9-15(19)17(12(5)6)13(7)8/h10-13,16-17H,9H2,1-8H3. The highest BCUT2D eigenvalue weighted by Gasteiger charge is 2.31. The van der Waals surface area contributed by atoms with E-state index in [1.54, 1.807) is 0 Å². The first-order valence-electron chi connectivity index (χ1n) is 7.64. The summed E-state index contributed by atoms with van der Waals surface area (Å²) in [5, 5.41) is 0. The van der Waals surface area contributed by atoms with Crippen LogP contribution < -0.4 is 0 Å². The Morgan fingerprint density at radius 1 is 0.579 bits per heavy atom. The predicted octanol–water partition coefficient (Wildman–Crippen LogP) is 4.37. The molecule has 112 valence electrons. The Hall–Kier alpha value is -0.660. The molecule has 0 aromatic carbocycles. The van der Waals surface area contributed by atoms with Crippen LogP contribution in [0.5, 0.6) is 0 Å². The van der Waals surface area contributed by atoms with Gasteiger partial charge in [-0.15, -0.1) is 0 Å². The highest BCUT2D eigenvalue weighted by Crippen LogP contribution is 2.27. The molecule has 0 saturated heterocycles. The third kappa shape index (κ3) is 5.46. The molecule has 0 spiro atoms. The van der Waals surface area contributed by atoms with Crippen LogP contribution in [0.25, 0.3) is 0 Å². The van der Waals surface area contributed by atoms with E-state index in [-0.39, 0.29) is 29.8 Å². The van der Waals surface area contributed by atoms with E-state index in [9.17, 15) is 9.59 Å². The molecule has 0 aromatic heterocycles. The fourth-order valence-electron chi connectivity index (χ4n) is 3.43. The van der Waals surface area contributed by atoms with Gasteiger partial charge in [-0.05, 0) is 23.7 Å². The van der Waals surface area contributed by atoms with Gasteiger partial charge in [-0.1, -0.05) is 55.4 Å². The van der Waals surface area contributed by atoms with E-state index < -0.39 is 0 Å². The lowest BCUT2D eigenvalue weighted by molar-refractivity contribution is -0.134. The fraction of sp³-hybridized carbons (Fsp3) is 0.882. The summed E-state index contributed by atoms with van der Waals surface area (Å²) >= 11 is 0. The summed E-state index contributed by atoms with van der Waals surface area (Å²) in [6.45, 7) is 16.5. The zero-order valence-corrected chi connectivity index (χ0v) is 14.0. The van der Waals surface area contributed by atoms with E-state index in [0.717, 1.165) is 0 Å². The first-order valence-corrected chi connectivity index (χ1v) is 7.64. The molecule has 0 amide bonds. The quantitative estimate of drug-likeness (QED) is 0.612. The molecule has 0 saturated carbocycles. The molecule has 0 fully saturated rings. The largest absolute Gasteiger partial charge is 0.299 e. The lowest BCUT2D eigenvalue weighted by Crippen LogP contribution is -2.32. The molecule has 0 aliphatic heterocycles. The van der Waals surface area contributed by atoms with Crippen LogP contribution in [-0.4, -0.2) is 11.6 Å². The normalized spacial score (nSPS) is 12.5. The van der Waals surface area contributed by atoms with E-state index in [0.29, 0.717) is 23.7 Å². The third-order valence-electron chi connectivity index (χ3n) is 3.96. The van der Waals surface area contributed by atoms with Crippen LogP contribution in [0.2, 0.25) is 0 Å². The summed E-state index contributed by atoms with van der Waals surface area (Å²) in [7, 11) is 0. The number of ketones is 2. The van der Waals surface area contributed by atoms with E-state index in [1.807, 2.05) is 0 Å². The summed E-state index contributed by atoms with van der Waals surface area (Å²) in [5.41, 5.74) is 0. The van der Waals surface area contributed by atoms with Crippen molar-refractivity contribution in [2.45, 2.75) is 61.8 Å². The van der Waals surface area contributed by atoms with E-state index >= 15 is 0 Å². The van der Waals surface area contributed by atoms with Crippen LogP contribution in [-0.2, 0) is 9.59 Å². The van der Waals surface area contributed by atoms with Crippen LogP contribution >= 0.6 is 0 Å². The van der Waals surface area contributed by atoms with Crippen LogP contribution in [0.4, 0.5) is 0 Å². The van der Waals surface area contributed by atoms with Crippen LogP contribution in [0.1, 0.15) is 61.8 Å². The molecule has 0 bridgehead atoms. The van der Waals surface area contributed by atoms with Gasteiger partial charge < -0.3 is 0 Å². The Kier molecular flexibility index (Phi) is 7.54. The number of hydrogen-bond acceptors (Lipinski definition) is 2. The van der Waals surface area contributed by atoms with Crippen molar-refractivity contribution >= 4 is 11.6 Å². The molecular formula is C17H32O2. The molecule has 2 nitrogen and oxygen atoms in total. The van der Waals surface area contributed by atoms with Gasteiger partial charge in [0.05, 0.1) is 6.42 Å². The molecular weight excluding hydrogens is 236 g/mol. The monoisotopic (exact) mass is 268 g/mol. The Morgan fingerprint density at radius 2 is 0.789 bits per heavy atom. The molecule has 19 heavy (non-hydrogen) atoms. The van der Waals surface area contributed by atoms with Crippen molar-refractivity contribution in [2.24, 2.45) is 35.5 Å². The molecule has 0 heterocycles. The lowest BCUT2D eigenvalue weighted by Gasteiger charge is -2.26. The van der Waals surface area contributed by atoms with E-state index in [2.05, 4.69) is 55.4 Å². The second kappa shape index (κ2) is 7.81. The van der Waals surface area contributed by atoms with Crippen LogP contribution in [0, 0.1) is 35.5 Å². The predicted molar refractivity (Wildman–Crippen MR) is 81.0 cm³/mol. The van der Waals surface area contributed by atoms with Crippen LogP contribution in [0.15, 0.2) is 0 Å². The zero-order chi connectivity index (χ0) is 15.3. The topological polar surface area (TPSA) is 34.1 Å². The van der Waals surface area contributed by atoms with Gasteiger partial charge in [0.25, 0.3) is 0 Å². The summed E-state index contributed by atoms with van der Waals surface area (Å²) in [4.78, 5) is 24.7. The highest BCUT2D eigenvalue weighted by atomic mass is 16.1. The maximum atomic E-state index is 12.4. The van der Waals surface area contributed by atoms with Crippen molar-refractivity contribution in [3.05, 3.63) is 0 Å². The second-order valence-electron chi connectivity index (χ2n) is 7.14. The van der Waals surface area contributed by atoms with Crippen molar-refractivity contribution in [2.75, 3.05) is 0 Å². The van der Waals surface area contributed by atoms with Crippen molar-refractivity contribution in [1.29, 1.82) is 0 Å². The molecule has 2 heteroatoms. The summed E-state index contributed by atoms with van der Waals surface area (Å²) in [6.07, 6.45) is 0.113. The van der Waals surface area contributed by atoms with Gasteiger partial charge in [0.2, 0.25) is 0 Å². The number of Topliss-reactive ketones (excluding diaryl/α,β-unsaturated/α-hetero) is 2. The number of hydrogen-bond donors (Lipinski definition) is 0. The summed E-state index contributed by atoms with van der Waals surface area (Å²) < 4.78 is 0. The van der Waals surface area contributed by atoms with Gasteiger partial charge >= 0.3 is 0 Å². The Bertz CT molecular complexity index is 254. The minimum Gasteiger partial charge on any atom is -0.299 e. The van der Waals surface area contributed by atoms with E-state index in [1.165, 1.54) is 0 Å². The van der Waals surface area contributed by atoms with Gasteiger partial charge in [-0.3, -0.25) is 9.59 Å². The van der Waals surface area contributed by atoms with Crippen molar-refractivity contribution < 1.29 is 9.59 Å². The van der Waals surface area contributed by atoms with Crippen molar-refractivity contribution in [3.63, 3.8) is 0 Å². The van der Waals surface area contributed by atoms with Gasteiger partial charge in [0.1, 0.15) is 11.6 Å². The molecule has 0 aliphatic carbocycles. The summed E-state index contributed by atoms with van der Waals surface area (Å²) in [5.74, 6) is 1.47. The first-order chi connectivity index (χ1) is 8.59. The molecule has 0 radical (unpaired) electrons. The van der Waals surface area contributed by atoms with Gasteiger partial charge in [0, 0.05) is 11.8 Å². The van der Waals surface area contributed by atoms with Crippen LogP contribution in [0.3, 0.4) is 0 Å². The van der Waals surface area contributed by atoms with Crippen molar-refractivity contribution in [3.8, 4) is 0 Å². The smallest absolute Gasteiger partial charge is 0.143 e. The third-order valence-corrected chi connectivity index (χ3v) is 3.96. The summed E-state index contributed by atoms with van der Waals surface area (Å²) in [6, 6.07) is 0. The molecule has 0 aliphatic rings. The molecule has 0 rings (SSSR count). The Balaban J connectivity index is 4.83. The fourth-order valence-corrected chi connectivity index (χ4v) is 3.43. The van der Waals surface area contributed by atoms with E-state index in [4.69, 9.17) is 0 Å². The minimum absolute atomic E-state index is 0.00363. The average molecular weight is 268 g/mol. The Labute approximate surface area is 119 Å². The zero-order valence-electron chi connectivity index (χ0n) is 14.0. The van der Waals surface area contributed by atoms with Crippen molar-refractivity contribution in [1.82, 2.24) is 0 Å². The molecule has 0 aromatic rings. The van der Waals surface area contributed by atoms with Gasteiger partial charge in [-0.25, -0.2) is 0 Å². The number of carbonyl (C=O) groups excluding carboxylic acids is 2. The Morgan fingerprint density at radius 3 is 0.947 bits per heavy atom. The lowest BCUT2D eigenvalue weighted by atomic mass is 9.76.